The number of fused-ring (bicyclic) bond motifs is 1. The van der Waals surface area contributed by atoms with Gasteiger partial charge in [-0.2, -0.15) is 0 Å². The summed E-state index contributed by atoms with van der Waals surface area (Å²) in [6.45, 7) is 2.26. The molecule has 7 heteroatoms. The maximum atomic E-state index is 12.7. The third kappa shape index (κ3) is 2.54. The third-order valence-corrected chi connectivity index (χ3v) is 3.69. The number of benzene rings is 1. The molecule has 0 fully saturated rings. The summed E-state index contributed by atoms with van der Waals surface area (Å²) >= 11 is 12.1. The largest absolute Gasteiger partial charge is 0.485 e. The van der Waals surface area contributed by atoms with Crippen molar-refractivity contribution in [3.05, 3.63) is 46.5 Å². The standard InChI is InChI=1S/C14H11Cl2N3O2/c1-8-6-19(11-4-2-3-9(15)13(11)21-8)14(20)12-10(16)5-17-7-18-12/h2-5,7-8H,6H2,1H3/t8-/m1/s1. The number of para-hydroxylation sites is 1. The van der Waals surface area contributed by atoms with Crippen molar-refractivity contribution in [1.82, 2.24) is 9.97 Å². The summed E-state index contributed by atoms with van der Waals surface area (Å²) in [5.74, 6) is 0.192. The lowest BCUT2D eigenvalue weighted by Crippen LogP contribution is -2.42. The SMILES string of the molecule is C[C@@H]1CN(C(=O)c2ncncc2Cl)c2cccc(Cl)c2O1. The van der Waals surface area contributed by atoms with Gasteiger partial charge in [-0.05, 0) is 19.1 Å². The van der Waals surface area contributed by atoms with Gasteiger partial charge in [0.25, 0.3) is 5.91 Å². The highest BCUT2D eigenvalue weighted by molar-refractivity contribution is 6.34. The Bertz CT molecular complexity index is 708. The number of rotatable bonds is 1. The van der Waals surface area contributed by atoms with Crippen LogP contribution in [-0.4, -0.2) is 28.5 Å². The van der Waals surface area contributed by atoms with Gasteiger partial charge in [-0.3, -0.25) is 9.69 Å². The number of carbonyl (C=O) groups excluding carboxylic acids is 1. The molecule has 0 radical (unpaired) electrons. The number of aromatic nitrogens is 2. The molecular formula is C14H11Cl2N3O2. The molecule has 1 aromatic carbocycles. The van der Waals surface area contributed by atoms with Crippen molar-refractivity contribution < 1.29 is 9.53 Å². The van der Waals surface area contributed by atoms with E-state index in [1.165, 1.54) is 12.5 Å². The average molecular weight is 324 g/mol. The minimum absolute atomic E-state index is 0.159. The van der Waals surface area contributed by atoms with Gasteiger partial charge in [-0.25, -0.2) is 9.97 Å². The van der Waals surface area contributed by atoms with E-state index in [1.54, 1.807) is 23.1 Å². The third-order valence-electron chi connectivity index (χ3n) is 3.11. The molecule has 21 heavy (non-hydrogen) atoms. The second-order valence-corrected chi connectivity index (χ2v) is 5.47. The van der Waals surface area contributed by atoms with Crippen molar-refractivity contribution in [2.24, 2.45) is 0 Å². The van der Waals surface area contributed by atoms with Gasteiger partial charge in [0.1, 0.15) is 12.4 Å². The monoisotopic (exact) mass is 323 g/mol. The highest BCUT2D eigenvalue weighted by atomic mass is 35.5. The van der Waals surface area contributed by atoms with Gasteiger partial charge >= 0.3 is 0 Å². The molecule has 108 valence electrons. The topological polar surface area (TPSA) is 55.3 Å². The zero-order valence-corrected chi connectivity index (χ0v) is 12.6. The van der Waals surface area contributed by atoms with Gasteiger partial charge in [0.15, 0.2) is 11.4 Å². The number of amides is 1. The number of hydrogen-bond acceptors (Lipinski definition) is 4. The normalized spacial score (nSPS) is 17.1. The lowest BCUT2D eigenvalue weighted by molar-refractivity contribution is 0.0956. The van der Waals surface area contributed by atoms with E-state index in [-0.39, 0.29) is 22.7 Å². The van der Waals surface area contributed by atoms with Gasteiger partial charge in [-0.1, -0.05) is 29.3 Å². The lowest BCUT2D eigenvalue weighted by Gasteiger charge is -2.33. The Hall–Kier alpha value is -1.85. The molecule has 2 heterocycles. The molecule has 0 saturated carbocycles. The second kappa shape index (κ2) is 5.50. The first-order chi connectivity index (χ1) is 10.1. The quantitative estimate of drug-likeness (QED) is 0.808. The Morgan fingerprint density at radius 2 is 2.19 bits per heavy atom. The van der Waals surface area contributed by atoms with E-state index in [0.29, 0.717) is 23.0 Å². The second-order valence-electron chi connectivity index (χ2n) is 4.65. The lowest BCUT2D eigenvalue weighted by atomic mass is 10.2. The molecule has 2 aromatic rings. The maximum Gasteiger partial charge on any atom is 0.278 e. The first kappa shape index (κ1) is 14.1. The first-order valence-electron chi connectivity index (χ1n) is 6.30. The Morgan fingerprint density at radius 1 is 1.38 bits per heavy atom. The summed E-state index contributed by atoms with van der Waals surface area (Å²) in [6, 6.07) is 5.27. The van der Waals surface area contributed by atoms with Crippen molar-refractivity contribution in [1.29, 1.82) is 0 Å². The average Bonchev–Trinajstić information content (AvgIpc) is 2.47. The Kier molecular flexibility index (Phi) is 3.69. The van der Waals surface area contributed by atoms with E-state index >= 15 is 0 Å². The highest BCUT2D eigenvalue weighted by Gasteiger charge is 2.31. The molecule has 1 aromatic heterocycles. The summed E-state index contributed by atoms with van der Waals surface area (Å²) < 4.78 is 5.72. The zero-order chi connectivity index (χ0) is 15.0. The van der Waals surface area contributed by atoms with Gasteiger partial charge < -0.3 is 4.74 Å². The molecule has 0 saturated heterocycles. The molecule has 1 aliphatic heterocycles. The smallest absolute Gasteiger partial charge is 0.278 e. The van der Waals surface area contributed by atoms with Gasteiger partial charge in [0, 0.05) is 6.20 Å². The van der Waals surface area contributed by atoms with E-state index in [2.05, 4.69) is 9.97 Å². The van der Waals surface area contributed by atoms with Gasteiger partial charge in [0.05, 0.1) is 22.3 Å². The number of ether oxygens (including phenoxy) is 1. The van der Waals surface area contributed by atoms with Crippen molar-refractivity contribution in [2.45, 2.75) is 13.0 Å². The summed E-state index contributed by atoms with van der Waals surface area (Å²) in [6.07, 6.45) is 2.51. The molecule has 3 rings (SSSR count). The van der Waals surface area contributed by atoms with Crippen LogP contribution in [0.4, 0.5) is 5.69 Å². The van der Waals surface area contributed by atoms with E-state index in [1.807, 2.05) is 6.92 Å². The van der Waals surface area contributed by atoms with E-state index in [9.17, 15) is 4.79 Å². The van der Waals surface area contributed by atoms with Crippen LogP contribution < -0.4 is 9.64 Å². The van der Waals surface area contributed by atoms with Crippen LogP contribution in [0.25, 0.3) is 0 Å². The molecule has 0 aliphatic carbocycles. The van der Waals surface area contributed by atoms with Crippen LogP contribution >= 0.6 is 23.2 Å². The maximum absolute atomic E-state index is 12.7. The van der Waals surface area contributed by atoms with Crippen LogP contribution in [0.1, 0.15) is 17.4 Å². The van der Waals surface area contributed by atoms with Crippen LogP contribution in [0.2, 0.25) is 10.0 Å². The summed E-state index contributed by atoms with van der Waals surface area (Å²) in [7, 11) is 0. The Labute approximate surface area is 131 Å². The molecule has 0 spiro atoms. The van der Waals surface area contributed by atoms with Gasteiger partial charge in [-0.15, -0.1) is 0 Å². The fourth-order valence-electron chi connectivity index (χ4n) is 2.21. The fraction of sp³-hybridized carbons (Fsp3) is 0.214. The van der Waals surface area contributed by atoms with E-state index in [0.717, 1.165) is 0 Å². The van der Waals surface area contributed by atoms with Crippen LogP contribution in [0.3, 0.4) is 0 Å². The van der Waals surface area contributed by atoms with Crippen LogP contribution in [0.5, 0.6) is 5.75 Å². The molecular weight excluding hydrogens is 313 g/mol. The Morgan fingerprint density at radius 3 is 2.95 bits per heavy atom. The minimum atomic E-state index is -0.305. The number of carbonyl (C=O) groups is 1. The molecule has 1 amide bonds. The molecule has 1 aliphatic rings. The Balaban J connectivity index is 2.06. The van der Waals surface area contributed by atoms with Gasteiger partial charge in [0.2, 0.25) is 0 Å². The zero-order valence-electron chi connectivity index (χ0n) is 11.1. The first-order valence-corrected chi connectivity index (χ1v) is 7.06. The van der Waals surface area contributed by atoms with Crippen LogP contribution in [0, 0.1) is 0 Å². The fourth-order valence-corrected chi connectivity index (χ4v) is 2.61. The van der Waals surface area contributed by atoms with Crippen molar-refractivity contribution >= 4 is 34.8 Å². The van der Waals surface area contributed by atoms with Crippen molar-refractivity contribution in [3.8, 4) is 5.75 Å². The number of halogens is 2. The molecule has 0 N–H and O–H groups in total. The summed E-state index contributed by atoms with van der Waals surface area (Å²) in [5, 5.41) is 0.677. The van der Waals surface area contributed by atoms with Crippen molar-refractivity contribution in [2.75, 3.05) is 11.4 Å². The molecule has 0 unspecified atom stereocenters. The summed E-state index contributed by atoms with van der Waals surface area (Å²) in [5.41, 5.74) is 0.770. The molecule has 1 atom stereocenters. The highest BCUT2D eigenvalue weighted by Crippen LogP contribution is 2.39. The van der Waals surface area contributed by atoms with E-state index < -0.39 is 0 Å². The predicted molar refractivity (Wildman–Crippen MR) is 80.3 cm³/mol. The predicted octanol–water partition coefficient (Wildman–Crippen LogP) is 3.21. The molecule has 5 nitrogen and oxygen atoms in total. The summed E-state index contributed by atoms with van der Waals surface area (Å²) in [4.78, 5) is 22.0. The molecule has 0 bridgehead atoms. The van der Waals surface area contributed by atoms with Crippen molar-refractivity contribution in [3.63, 3.8) is 0 Å². The minimum Gasteiger partial charge on any atom is -0.485 e. The van der Waals surface area contributed by atoms with Crippen LogP contribution in [-0.2, 0) is 0 Å². The van der Waals surface area contributed by atoms with E-state index in [4.69, 9.17) is 27.9 Å². The number of hydrogen-bond donors (Lipinski definition) is 0. The number of anilines is 1. The van der Waals surface area contributed by atoms with Crippen LogP contribution in [0.15, 0.2) is 30.7 Å². The number of nitrogens with zero attached hydrogens (tertiary/aromatic N) is 3.